The molecule has 2 heterocycles. The van der Waals surface area contributed by atoms with Gasteiger partial charge in [-0.1, -0.05) is 27.5 Å². The molecule has 0 amide bonds. The molecule has 0 aromatic heterocycles. The second-order valence-corrected chi connectivity index (χ2v) is 6.67. The van der Waals surface area contributed by atoms with Crippen molar-refractivity contribution in [3.05, 3.63) is 23.3 Å². The van der Waals surface area contributed by atoms with E-state index in [-0.39, 0.29) is 29.0 Å². The van der Waals surface area contributed by atoms with Crippen molar-refractivity contribution < 1.29 is 49.2 Å². The highest BCUT2D eigenvalue weighted by Crippen LogP contribution is 2.44. The Morgan fingerprint density at radius 2 is 2.23 bits per heavy atom. The van der Waals surface area contributed by atoms with Crippen LogP contribution < -0.4 is 15.2 Å². The minimum Gasteiger partial charge on any atom is -0.493 e. The van der Waals surface area contributed by atoms with Gasteiger partial charge in [0.25, 0.3) is 0 Å². The van der Waals surface area contributed by atoms with E-state index in [0.717, 1.165) is 19.2 Å². The Balaban J connectivity index is 2.46. The zero-order chi connectivity index (χ0) is 41.1. The second-order valence-electron chi connectivity index (χ2n) is 6.67. The van der Waals surface area contributed by atoms with Crippen molar-refractivity contribution >= 4 is 5.97 Å². The molecule has 2 aliphatic heterocycles. The van der Waals surface area contributed by atoms with Crippen LogP contribution in [0.4, 0.5) is 0 Å². The normalized spacial score (nSPS) is 47.0. The van der Waals surface area contributed by atoms with Crippen molar-refractivity contribution in [3.63, 3.8) is 0 Å². The van der Waals surface area contributed by atoms with E-state index in [1.165, 1.54) is 0 Å². The van der Waals surface area contributed by atoms with Gasteiger partial charge in [0.15, 0.2) is 11.5 Å². The Hall–Kier alpha value is -1.79. The highest BCUT2D eigenvalue weighted by Gasteiger charge is 2.41. The lowest BCUT2D eigenvalue weighted by Gasteiger charge is -2.47. The Morgan fingerprint density at radius 3 is 2.93 bits per heavy atom. The van der Waals surface area contributed by atoms with Gasteiger partial charge in [-0.2, -0.15) is 0 Å². The monoisotopic (exact) mass is 440 g/mol. The van der Waals surface area contributed by atoms with Crippen molar-refractivity contribution in [2.45, 2.75) is 64.8 Å². The quantitative estimate of drug-likeness (QED) is 0.654. The van der Waals surface area contributed by atoms with Crippen LogP contribution in [0.5, 0.6) is 11.5 Å². The molecule has 1 aromatic rings. The average molecular weight is 441 g/mol. The summed E-state index contributed by atoms with van der Waals surface area (Å²) in [6, 6.07) is -4.10. The molecule has 1 aromatic carbocycles. The summed E-state index contributed by atoms with van der Waals surface area (Å²) in [7, 11) is -1.92. The van der Waals surface area contributed by atoms with Gasteiger partial charge in [0.05, 0.1) is 19.6 Å². The number of esters is 1. The third-order valence-corrected chi connectivity index (χ3v) is 4.64. The number of carbonyl (C=O) groups excluding carboxylic acids is 1. The van der Waals surface area contributed by atoms with Crippen molar-refractivity contribution in [3.8, 4) is 11.5 Å². The Bertz CT molecular complexity index is 1530. The highest BCUT2D eigenvalue weighted by atomic mass is 16.5. The third-order valence-electron chi connectivity index (χ3n) is 4.64. The summed E-state index contributed by atoms with van der Waals surface area (Å²) in [6.45, 7) is -15.6. The number of hydrogen-bond donors (Lipinski definition) is 1. The number of nitrogens with two attached hydrogens (primary N) is 1. The molecular formula is C24H38N2O4. The number of nitrogens with zero attached hydrogens (tertiary/aromatic N) is 1. The summed E-state index contributed by atoms with van der Waals surface area (Å²) < 4.78 is 197. The predicted molar refractivity (Wildman–Crippen MR) is 118 cm³/mol. The van der Waals surface area contributed by atoms with Gasteiger partial charge in [-0.15, -0.1) is 0 Å². The van der Waals surface area contributed by atoms with Gasteiger partial charge in [0.1, 0.15) is 12.1 Å². The summed E-state index contributed by atoms with van der Waals surface area (Å²) in [5, 5.41) is 0. The Morgan fingerprint density at radius 1 is 1.43 bits per heavy atom. The van der Waals surface area contributed by atoms with Gasteiger partial charge < -0.3 is 19.9 Å². The maximum absolute atomic E-state index is 13.8. The van der Waals surface area contributed by atoms with Crippen molar-refractivity contribution in [2.75, 3.05) is 27.2 Å². The van der Waals surface area contributed by atoms with Gasteiger partial charge in [0, 0.05) is 56.0 Å². The minimum atomic E-state index is -4.24. The van der Waals surface area contributed by atoms with Crippen molar-refractivity contribution in [1.82, 2.24) is 4.90 Å². The van der Waals surface area contributed by atoms with Crippen LogP contribution in [0.2, 0.25) is 0 Å². The van der Waals surface area contributed by atoms with E-state index in [0.29, 0.717) is 11.8 Å². The van der Waals surface area contributed by atoms with Crippen LogP contribution in [0.25, 0.3) is 0 Å². The van der Waals surface area contributed by atoms with Gasteiger partial charge in [-0.25, -0.2) is 0 Å². The molecule has 0 spiro atoms. The van der Waals surface area contributed by atoms with E-state index in [4.69, 9.17) is 43.2 Å². The van der Waals surface area contributed by atoms with E-state index in [1.54, 1.807) is 0 Å². The fraction of sp³-hybridized carbons (Fsp3) is 0.708. The molecule has 0 saturated carbocycles. The molecule has 6 heteroatoms. The van der Waals surface area contributed by atoms with Crippen LogP contribution in [0.1, 0.15) is 87.6 Å². The topological polar surface area (TPSA) is 74.0 Å². The highest BCUT2D eigenvalue weighted by molar-refractivity contribution is 5.76. The van der Waals surface area contributed by atoms with Crippen LogP contribution in [0.15, 0.2) is 12.1 Å². The standard InChI is InChI=1S/C24H38N2O4/c1-14(2)9-17-13-26-8-7-16-10-21(28-5)22(29-6)11-18(16)19(26)12-20(17)30-24(27)23(25)15(3)4/h10-11,14-15,17,19-20,23H,7-9,12-13,25H2,1-6H3/t17?,19?,20?,23-/m0/s1/i1D3,3D3,4D3,5D3,9D2,12D2,13D2,14D,15D,17D,23D/t14?,17?,19?,20?,23-. The van der Waals surface area contributed by atoms with Gasteiger partial charge in [-0.05, 0) is 47.8 Å². The van der Waals surface area contributed by atoms with Gasteiger partial charge in [0.2, 0.25) is 0 Å². The summed E-state index contributed by atoms with van der Waals surface area (Å²) in [4.78, 5) is 14.4. The van der Waals surface area contributed by atoms with E-state index in [9.17, 15) is 11.6 Å². The lowest BCUT2D eigenvalue weighted by atomic mass is 9.79. The average Bonchev–Trinajstić information content (AvgIpc) is 2.94. The lowest BCUT2D eigenvalue weighted by molar-refractivity contribution is -0.160. The molecule has 6 nitrogen and oxygen atoms in total. The zero-order valence-electron chi connectivity index (χ0n) is 38.4. The van der Waals surface area contributed by atoms with Crippen molar-refractivity contribution in [2.24, 2.45) is 23.4 Å². The molecule has 1 saturated heterocycles. The number of rotatable bonds is 7. The number of methoxy groups -OCH3 is 2. The maximum Gasteiger partial charge on any atom is 0.323 e. The first-order valence-electron chi connectivity index (χ1n) is 19.9. The van der Waals surface area contributed by atoms with Crippen LogP contribution in [-0.4, -0.2) is 50.2 Å². The summed E-state index contributed by atoms with van der Waals surface area (Å²) in [5.41, 5.74) is 5.53. The van der Waals surface area contributed by atoms with Gasteiger partial charge >= 0.3 is 5.97 Å². The largest absolute Gasteiger partial charge is 0.493 e. The van der Waals surface area contributed by atoms with E-state index in [1.807, 2.05) is 0 Å². The molecule has 5 atom stereocenters. The van der Waals surface area contributed by atoms with E-state index < -0.39 is 95.2 Å². The van der Waals surface area contributed by atoms with Crippen LogP contribution in [-0.2, 0) is 16.0 Å². The SMILES string of the molecule is [2H]C([2H])([2H])Oc1cc2c(cc1OC)C1N(CC2)C([2H])([2H])C([2H])(C([2H])([2H])C([2H])(C)C([2H])([2H])[2H])C(OC(=O)[C@@]([2H])(N)C([2H])(C([2H])([2H])[2H])C([2H])([2H])[2H])C1([2H])[2H]. The summed E-state index contributed by atoms with van der Waals surface area (Å²) in [6.07, 6.45) is -11.1. The molecule has 2 aliphatic rings. The molecule has 3 rings (SSSR count). The fourth-order valence-electron chi connectivity index (χ4n) is 3.27. The minimum absolute atomic E-state index is 0.100. The maximum atomic E-state index is 13.8. The molecule has 4 unspecified atom stereocenters. The summed E-state index contributed by atoms with van der Waals surface area (Å²) in [5.74, 6) is -15.0. The Kier molecular flexibility index (Phi) is 2.44. The lowest BCUT2D eigenvalue weighted by Crippen LogP contribution is -2.51. The van der Waals surface area contributed by atoms with Crippen molar-refractivity contribution in [1.29, 1.82) is 0 Å². The number of ether oxygens (including phenoxy) is 3. The first kappa shape index (κ1) is 7.66. The molecule has 30 heavy (non-hydrogen) atoms. The van der Waals surface area contributed by atoms with E-state index >= 15 is 0 Å². The number of benzene rings is 1. The molecule has 1 fully saturated rings. The first-order valence-corrected chi connectivity index (χ1v) is 8.91. The van der Waals surface area contributed by atoms with Gasteiger partial charge in [-0.3, -0.25) is 9.69 Å². The number of carbonyl (C=O) groups is 1. The molecular weight excluding hydrogens is 380 g/mol. The molecule has 168 valence electrons. The van der Waals surface area contributed by atoms with Crippen LogP contribution in [0.3, 0.4) is 0 Å². The molecule has 0 aliphatic carbocycles. The third kappa shape index (κ3) is 4.75. The Labute approximate surface area is 211 Å². The molecule has 0 radical (unpaired) electrons. The fourth-order valence-corrected chi connectivity index (χ4v) is 3.27. The number of fused-ring (bicyclic) bond motifs is 3. The molecule has 0 bridgehead atoms. The second kappa shape index (κ2) is 9.56. The zero-order valence-corrected chi connectivity index (χ0v) is 16.4. The molecule has 2 N–H and O–H groups in total. The summed E-state index contributed by atoms with van der Waals surface area (Å²) >= 11 is 0. The van der Waals surface area contributed by atoms with Crippen LogP contribution >= 0.6 is 0 Å². The smallest absolute Gasteiger partial charge is 0.323 e. The predicted octanol–water partition coefficient (Wildman–Crippen LogP) is 3.56. The van der Waals surface area contributed by atoms with E-state index in [2.05, 4.69) is 0 Å². The number of piperidine rings is 1. The first-order chi connectivity index (χ1) is 22.7. The number of hydrogen-bond acceptors (Lipinski definition) is 6. The van der Waals surface area contributed by atoms with Crippen LogP contribution in [0, 0.1) is 17.7 Å².